The molecule has 0 bridgehead atoms. The molecule has 2 N–H and O–H groups in total. The first kappa shape index (κ1) is 37.8. The van der Waals surface area contributed by atoms with Crippen molar-refractivity contribution in [3.05, 3.63) is 246 Å². The average molecular weight is 859 g/mol. The Morgan fingerprint density at radius 1 is 0.463 bits per heavy atom. The van der Waals surface area contributed by atoms with Gasteiger partial charge in [0, 0.05) is 27.1 Å². The highest BCUT2D eigenvalue weighted by Crippen LogP contribution is 2.41. The van der Waals surface area contributed by atoms with Crippen LogP contribution in [0.5, 0.6) is 0 Å². The van der Waals surface area contributed by atoms with Crippen molar-refractivity contribution in [3.8, 4) is 5.69 Å². The maximum absolute atomic E-state index is 6.90. The van der Waals surface area contributed by atoms with Gasteiger partial charge in [0.2, 0.25) is 0 Å². The maximum Gasteiger partial charge on any atom is 0.159 e. The molecule has 0 amide bonds. The molecule has 14 rings (SSSR count). The number of para-hydroxylation sites is 2. The lowest BCUT2D eigenvalue weighted by atomic mass is 9.92. The van der Waals surface area contributed by atoms with Crippen LogP contribution in [0.2, 0.25) is 0 Å². The van der Waals surface area contributed by atoms with E-state index in [1.807, 2.05) is 6.07 Å². The van der Waals surface area contributed by atoms with Crippen molar-refractivity contribution >= 4 is 92.7 Å². The molecule has 3 heterocycles. The molecular formula is C62H42N4O. The van der Waals surface area contributed by atoms with Crippen molar-refractivity contribution in [2.75, 3.05) is 0 Å². The molecule has 0 saturated heterocycles. The summed E-state index contributed by atoms with van der Waals surface area (Å²) in [5.74, 6) is 0.810. The molecule has 5 nitrogen and oxygen atoms in total. The predicted octanol–water partition coefficient (Wildman–Crippen LogP) is 15.2. The van der Waals surface area contributed by atoms with Crippen LogP contribution in [0.1, 0.15) is 40.1 Å². The lowest BCUT2D eigenvalue weighted by Gasteiger charge is -2.33. The Morgan fingerprint density at radius 3 is 2.03 bits per heavy atom. The molecule has 2 aromatic heterocycles. The van der Waals surface area contributed by atoms with E-state index in [1.165, 1.54) is 65.0 Å². The van der Waals surface area contributed by atoms with E-state index in [9.17, 15) is 0 Å². The van der Waals surface area contributed by atoms with Crippen LogP contribution in [-0.2, 0) is 6.42 Å². The van der Waals surface area contributed by atoms with Gasteiger partial charge in [-0.15, -0.1) is 0 Å². The second-order valence-corrected chi connectivity index (χ2v) is 18.0. The molecule has 13 aromatic rings. The Morgan fingerprint density at radius 2 is 1.16 bits per heavy atom. The third kappa shape index (κ3) is 6.16. The Balaban J connectivity index is 1.01. The Hall–Kier alpha value is -8.51. The second kappa shape index (κ2) is 15.0. The smallest absolute Gasteiger partial charge is 0.159 e. The van der Waals surface area contributed by atoms with E-state index in [1.54, 1.807) is 0 Å². The van der Waals surface area contributed by atoms with Gasteiger partial charge < -0.3 is 14.3 Å². The van der Waals surface area contributed by atoms with Crippen molar-refractivity contribution < 1.29 is 4.42 Å². The SMILES string of the molecule is c1ccc(Cc2cc3ccccc3c3ccc(C4N=C(c5cc(-n6c7ccccc7c7cc8ccccc8cc76)c6oc7ccccc7c6c5)NC(c5cccc6ccccc56)N4)cc23)cc1. The standard InChI is InChI=1S/C62H42N4O/c1-2-15-38(16-3-1)31-44-32-42-20-7-9-23-47(42)48-30-29-43(34-52(44)48)60-63-61(65-62(64-60)51-26-14-21-39-17-6-8-22-46(39)51)45-35-54-50-25-11-13-28-58(50)67-59(54)57(37-45)66-55-27-12-10-24-49(55)53-33-40-18-4-5-19-41(40)36-56(53)66/h1-30,32-37,60,62,64H,31H2,(H,63,65). The molecule has 1 aliphatic rings. The molecule has 0 aliphatic carbocycles. The minimum atomic E-state index is -0.375. The fourth-order valence-corrected chi connectivity index (χ4v) is 10.9. The van der Waals surface area contributed by atoms with Crippen LogP contribution >= 0.6 is 0 Å². The zero-order valence-corrected chi connectivity index (χ0v) is 36.4. The summed E-state index contributed by atoms with van der Waals surface area (Å²) in [5, 5.41) is 22.2. The van der Waals surface area contributed by atoms with Crippen molar-refractivity contribution in [1.29, 1.82) is 0 Å². The Labute approximate surface area is 386 Å². The van der Waals surface area contributed by atoms with Gasteiger partial charge in [-0.1, -0.05) is 176 Å². The lowest BCUT2D eigenvalue weighted by Crippen LogP contribution is -2.45. The fourth-order valence-electron chi connectivity index (χ4n) is 10.9. The van der Waals surface area contributed by atoms with Crippen LogP contribution in [0.4, 0.5) is 0 Å². The summed E-state index contributed by atoms with van der Waals surface area (Å²) in [6.45, 7) is 0. The van der Waals surface area contributed by atoms with Crippen LogP contribution in [0, 0.1) is 0 Å². The summed E-state index contributed by atoms with van der Waals surface area (Å²) in [4.78, 5) is 5.67. The number of furan rings is 1. The summed E-state index contributed by atoms with van der Waals surface area (Å²) < 4.78 is 9.29. The number of hydrogen-bond donors (Lipinski definition) is 2. The predicted molar refractivity (Wildman–Crippen MR) is 279 cm³/mol. The molecule has 0 fully saturated rings. The zero-order chi connectivity index (χ0) is 44.0. The van der Waals surface area contributed by atoms with E-state index in [2.05, 4.69) is 228 Å². The molecule has 2 unspecified atom stereocenters. The fraction of sp³-hybridized carbons (Fsp3) is 0.0484. The Bertz CT molecular complexity index is 4160. The van der Waals surface area contributed by atoms with Crippen LogP contribution in [-0.4, -0.2) is 10.4 Å². The molecular weight excluding hydrogens is 817 g/mol. The molecule has 316 valence electrons. The van der Waals surface area contributed by atoms with Crippen LogP contribution < -0.4 is 10.6 Å². The van der Waals surface area contributed by atoms with Gasteiger partial charge in [-0.05, 0) is 114 Å². The number of nitrogens with one attached hydrogen (secondary N) is 2. The average Bonchev–Trinajstić information content (AvgIpc) is 3.93. The van der Waals surface area contributed by atoms with Crippen molar-refractivity contribution in [2.24, 2.45) is 4.99 Å². The molecule has 67 heavy (non-hydrogen) atoms. The van der Waals surface area contributed by atoms with Gasteiger partial charge in [0.15, 0.2) is 5.58 Å². The summed E-state index contributed by atoms with van der Waals surface area (Å²) >= 11 is 0. The van der Waals surface area contributed by atoms with Crippen molar-refractivity contribution in [1.82, 2.24) is 15.2 Å². The first-order valence-electron chi connectivity index (χ1n) is 23.1. The second-order valence-electron chi connectivity index (χ2n) is 18.0. The van der Waals surface area contributed by atoms with Crippen molar-refractivity contribution in [2.45, 2.75) is 18.8 Å². The van der Waals surface area contributed by atoms with E-state index >= 15 is 0 Å². The van der Waals surface area contributed by atoms with E-state index < -0.39 is 0 Å². The first-order chi connectivity index (χ1) is 33.2. The van der Waals surface area contributed by atoms with Gasteiger partial charge in [0.05, 0.1) is 16.7 Å². The molecule has 0 saturated carbocycles. The number of aromatic nitrogens is 1. The molecule has 11 aromatic carbocycles. The highest BCUT2D eigenvalue weighted by molar-refractivity contribution is 6.17. The van der Waals surface area contributed by atoms with Crippen LogP contribution in [0.25, 0.3) is 92.5 Å². The quantitative estimate of drug-likeness (QED) is 0.164. The topological polar surface area (TPSA) is 54.5 Å². The lowest BCUT2D eigenvalue weighted by molar-refractivity contribution is 0.411. The number of rotatable bonds is 6. The number of amidine groups is 1. The molecule has 1 aliphatic heterocycles. The van der Waals surface area contributed by atoms with E-state index in [0.29, 0.717) is 0 Å². The van der Waals surface area contributed by atoms with Crippen molar-refractivity contribution in [3.63, 3.8) is 0 Å². The Kier molecular flexibility index (Phi) is 8.48. The van der Waals surface area contributed by atoms with E-state index in [0.717, 1.165) is 67.6 Å². The first-order valence-corrected chi connectivity index (χ1v) is 23.1. The molecule has 0 radical (unpaired) electrons. The summed E-state index contributed by atoms with van der Waals surface area (Å²) in [5.41, 5.74) is 10.7. The summed E-state index contributed by atoms with van der Waals surface area (Å²) in [6.07, 6.45) is 0.193. The highest BCUT2D eigenvalue weighted by atomic mass is 16.3. The largest absolute Gasteiger partial charge is 0.454 e. The number of aliphatic imine (C=N–C) groups is 1. The molecule has 2 atom stereocenters. The summed E-state index contributed by atoms with van der Waals surface area (Å²) in [6, 6.07) is 79.1. The van der Waals surface area contributed by atoms with Gasteiger partial charge in [-0.2, -0.15) is 0 Å². The maximum atomic E-state index is 6.90. The molecule has 0 spiro atoms. The highest BCUT2D eigenvalue weighted by Gasteiger charge is 2.29. The van der Waals surface area contributed by atoms with Gasteiger partial charge in [0.25, 0.3) is 0 Å². The van der Waals surface area contributed by atoms with Gasteiger partial charge >= 0.3 is 0 Å². The minimum Gasteiger partial charge on any atom is -0.454 e. The van der Waals surface area contributed by atoms with Gasteiger partial charge in [0.1, 0.15) is 23.8 Å². The van der Waals surface area contributed by atoms with E-state index in [-0.39, 0.29) is 12.3 Å². The molecule has 5 heteroatoms. The van der Waals surface area contributed by atoms with Crippen LogP contribution in [0.15, 0.2) is 228 Å². The third-order valence-electron chi connectivity index (χ3n) is 14.0. The third-order valence-corrected chi connectivity index (χ3v) is 14.0. The van der Waals surface area contributed by atoms with Crippen LogP contribution in [0.3, 0.4) is 0 Å². The monoisotopic (exact) mass is 858 g/mol. The minimum absolute atomic E-state index is 0.264. The number of benzene rings is 11. The summed E-state index contributed by atoms with van der Waals surface area (Å²) in [7, 11) is 0. The number of hydrogen-bond acceptors (Lipinski definition) is 4. The van der Waals surface area contributed by atoms with E-state index in [4.69, 9.17) is 9.41 Å². The van der Waals surface area contributed by atoms with Gasteiger partial charge in [-0.3, -0.25) is 5.32 Å². The number of nitrogens with zero attached hydrogens (tertiary/aromatic N) is 2. The van der Waals surface area contributed by atoms with Gasteiger partial charge in [-0.25, -0.2) is 4.99 Å². The zero-order valence-electron chi connectivity index (χ0n) is 36.4. The normalized spacial score (nSPS) is 15.4. The number of fused-ring (bicyclic) bond motifs is 11.